The normalized spacial score (nSPS) is 23.2. The minimum atomic E-state index is -0.00722. The average molecular weight is 153 g/mol. The number of aliphatic hydroxyl groups excluding tert-OH is 1. The molecule has 0 radical (unpaired) electrons. The average Bonchev–Trinajstić information content (AvgIpc) is 2.32. The summed E-state index contributed by atoms with van der Waals surface area (Å²) < 4.78 is 5.32. The maximum Gasteiger partial charge on any atom is 0.129 e. The minimum absolute atomic E-state index is 0.00722. The van der Waals surface area contributed by atoms with Crippen LogP contribution in [0, 0.1) is 0 Å². The molecule has 2 N–H and O–H groups in total. The van der Waals surface area contributed by atoms with E-state index in [0.717, 1.165) is 18.7 Å². The monoisotopic (exact) mass is 153 g/mol. The molecule has 0 spiro atoms. The topological polar surface area (TPSA) is 45.4 Å². The van der Waals surface area contributed by atoms with Crippen LogP contribution in [0.4, 0.5) is 0 Å². The van der Waals surface area contributed by atoms with Gasteiger partial charge in [-0.1, -0.05) is 0 Å². The van der Waals surface area contributed by atoms with Crippen molar-refractivity contribution in [3.63, 3.8) is 0 Å². The molecule has 0 aliphatic carbocycles. The summed E-state index contributed by atoms with van der Waals surface area (Å²) in [5.74, 6) is 1.59. The third-order valence-electron chi connectivity index (χ3n) is 2.01. The van der Waals surface area contributed by atoms with Crippen molar-refractivity contribution in [2.75, 3.05) is 6.54 Å². The Labute approximate surface area is 65.0 Å². The molecule has 1 saturated heterocycles. The van der Waals surface area contributed by atoms with Gasteiger partial charge in [0.15, 0.2) is 0 Å². The Kier molecular flexibility index (Phi) is 1.68. The Morgan fingerprint density at radius 1 is 1.64 bits per heavy atom. The summed E-state index contributed by atoms with van der Waals surface area (Å²) in [6, 6.07) is 4.12. The summed E-state index contributed by atoms with van der Waals surface area (Å²) in [6.45, 7) is 1.06. The Balaban J connectivity index is 2.11. The zero-order chi connectivity index (χ0) is 7.68. The van der Waals surface area contributed by atoms with E-state index in [1.165, 1.54) is 0 Å². The molecule has 11 heavy (non-hydrogen) atoms. The van der Waals surface area contributed by atoms with Crippen molar-refractivity contribution in [3.8, 4) is 0 Å². The second-order valence-electron chi connectivity index (χ2n) is 2.76. The van der Waals surface area contributed by atoms with Crippen LogP contribution in [0.15, 0.2) is 16.5 Å². The smallest absolute Gasteiger partial charge is 0.129 e. The van der Waals surface area contributed by atoms with Crippen LogP contribution in [0.3, 0.4) is 0 Å². The lowest BCUT2D eigenvalue weighted by molar-refractivity contribution is 0.231. The zero-order valence-corrected chi connectivity index (χ0v) is 6.21. The van der Waals surface area contributed by atoms with Crippen LogP contribution >= 0.6 is 0 Å². The van der Waals surface area contributed by atoms with Crippen LogP contribution in [0.1, 0.15) is 24.0 Å². The summed E-state index contributed by atoms with van der Waals surface area (Å²) >= 11 is 0. The second-order valence-corrected chi connectivity index (χ2v) is 2.76. The van der Waals surface area contributed by atoms with E-state index in [0.29, 0.717) is 11.8 Å². The number of hydrogen-bond donors (Lipinski definition) is 2. The molecule has 2 heterocycles. The van der Waals surface area contributed by atoms with Crippen LogP contribution < -0.4 is 5.32 Å². The Morgan fingerprint density at radius 2 is 2.45 bits per heavy atom. The number of nitrogens with one attached hydrogen (secondary N) is 1. The van der Waals surface area contributed by atoms with E-state index in [1.54, 1.807) is 0 Å². The quantitative estimate of drug-likeness (QED) is 0.660. The first-order chi connectivity index (χ1) is 5.40. The fourth-order valence-corrected chi connectivity index (χ4v) is 1.20. The molecule has 1 aliphatic heterocycles. The van der Waals surface area contributed by atoms with Gasteiger partial charge >= 0.3 is 0 Å². The van der Waals surface area contributed by atoms with Crippen molar-refractivity contribution >= 4 is 0 Å². The zero-order valence-electron chi connectivity index (χ0n) is 6.21. The van der Waals surface area contributed by atoms with Gasteiger partial charge < -0.3 is 14.8 Å². The van der Waals surface area contributed by atoms with Gasteiger partial charge in [-0.2, -0.15) is 0 Å². The van der Waals surface area contributed by atoms with E-state index >= 15 is 0 Å². The molecule has 0 bridgehead atoms. The molecule has 0 saturated carbocycles. The summed E-state index contributed by atoms with van der Waals surface area (Å²) in [7, 11) is 0. The standard InChI is InChI=1S/C8H11NO2/c10-5-6-1-2-8(11-6)7-3-4-9-7/h1-2,7,9-10H,3-5H2. The predicted molar refractivity (Wildman–Crippen MR) is 40.0 cm³/mol. The maximum absolute atomic E-state index is 8.71. The van der Waals surface area contributed by atoms with E-state index in [9.17, 15) is 0 Å². The van der Waals surface area contributed by atoms with Gasteiger partial charge in [-0.15, -0.1) is 0 Å². The molecule has 3 nitrogen and oxygen atoms in total. The van der Waals surface area contributed by atoms with Gasteiger partial charge in [0.25, 0.3) is 0 Å². The van der Waals surface area contributed by atoms with E-state index < -0.39 is 0 Å². The molecular weight excluding hydrogens is 142 g/mol. The van der Waals surface area contributed by atoms with Crippen molar-refractivity contribution in [3.05, 3.63) is 23.7 Å². The molecular formula is C8H11NO2. The minimum Gasteiger partial charge on any atom is -0.462 e. The summed E-state index contributed by atoms with van der Waals surface area (Å²) in [6.07, 6.45) is 1.14. The molecule has 0 amide bonds. The first-order valence-corrected chi connectivity index (χ1v) is 3.83. The Morgan fingerprint density at radius 3 is 2.91 bits per heavy atom. The lowest BCUT2D eigenvalue weighted by Gasteiger charge is -2.25. The highest BCUT2D eigenvalue weighted by atomic mass is 16.4. The highest BCUT2D eigenvalue weighted by Crippen LogP contribution is 2.24. The molecule has 1 unspecified atom stereocenters. The third-order valence-corrected chi connectivity index (χ3v) is 2.01. The molecule has 0 aromatic carbocycles. The molecule has 60 valence electrons. The van der Waals surface area contributed by atoms with Crippen LogP contribution in [-0.2, 0) is 6.61 Å². The van der Waals surface area contributed by atoms with Gasteiger partial charge in [-0.25, -0.2) is 0 Å². The summed E-state index contributed by atoms with van der Waals surface area (Å²) in [4.78, 5) is 0. The van der Waals surface area contributed by atoms with Crippen LogP contribution in [0.2, 0.25) is 0 Å². The molecule has 1 aliphatic rings. The van der Waals surface area contributed by atoms with E-state index in [-0.39, 0.29) is 6.61 Å². The molecule has 2 rings (SSSR count). The molecule has 1 fully saturated rings. The van der Waals surface area contributed by atoms with Gasteiger partial charge in [0.2, 0.25) is 0 Å². The van der Waals surface area contributed by atoms with Gasteiger partial charge in [0.05, 0.1) is 6.04 Å². The third kappa shape index (κ3) is 1.17. The van der Waals surface area contributed by atoms with Crippen molar-refractivity contribution < 1.29 is 9.52 Å². The molecule has 3 heteroatoms. The lowest BCUT2D eigenvalue weighted by atomic mass is 10.1. The van der Waals surface area contributed by atoms with Gasteiger partial charge in [-0.3, -0.25) is 0 Å². The fraction of sp³-hybridized carbons (Fsp3) is 0.500. The predicted octanol–water partition coefficient (Wildman–Crippen LogP) is 0.806. The van der Waals surface area contributed by atoms with Gasteiger partial charge in [0, 0.05) is 0 Å². The molecule has 1 atom stereocenters. The SMILES string of the molecule is OCc1ccc(C2CCN2)o1. The van der Waals surface area contributed by atoms with Crippen molar-refractivity contribution in [1.82, 2.24) is 5.32 Å². The van der Waals surface area contributed by atoms with Crippen LogP contribution in [-0.4, -0.2) is 11.7 Å². The van der Waals surface area contributed by atoms with E-state index in [2.05, 4.69) is 5.32 Å². The first kappa shape index (κ1) is 6.88. The molecule has 1 aromatic heterocycles. The van der Waals surface area contributed by atoms with Crippen molar-refractivity contribution in [2.45, 2.75) is 19.1 Å². The first-order valence-electron chi connectivity index (χ1n) is 3.83. The summed E-state index contributed by atoms with van der Waals surface area (Å²) in [5, 5.41) is 11.9. The number of furan rings is 1. The summed E-state index contributed by atoms with van der Waals surface area (Å²) in [5.41, 5.74) is 0. The van der Waals surface area contributed by atoms with Crippen molar-refractivity contribution in [2.24, 2.45) is 0 Å². The van der Waals surface area contributed by atoms with Gasteiger partial charge in [0.1, 0.15) is 18.1 Å². The highest BCUT2D eigenvalue weighted by molar-refractivity contribution is 5.12. The Hall–Kier alpha value is -0.800. The van der Waals surface area contributed by atoms with E-state index in [1.807, 2.05) is 12.1 Å². The molecule has 1 aromatic rings. The van der Waals surface area contributed by atoms with Crippen LogP contribution in [0.5, 0.6) is 0 Å². The fourth-order valence-electron chi connectivity index (χ4n) is 1.20. The lowest BCUT2D eigenvalue weighted by Crippen LogP contribution is -2.34. The number of hydrogen-bond acceptors (Lipinski definition) is 3. The largest absolute Gasteiger partial charge is 0.462 e. The van der Waals surface area contributed by atoms with E-state index in [4.69, 9.17) is 9.52 Å². The highest BCUT2D eigenvalue weighted by Gasteiger charge is 2.21. The maximum atomic E-state index is 8.71. The van der Waals surface area contributed by atoms with Gasteiger partial charge in [-0.05, 0) is 25.1 Å². The van der Waals surface area contributed by atoms with Crippen LogP contribution in [0.25, 0.3) is 0 Å². The number of rotatable bonds is 2. The number of aliphatic hydroxyl groups is 1. The second kappa shape index (κ2) is 2.68. The Bertz CT molecular complexity index is 240. The van der Waals surface area contributed by atoms with Crippen molar-refractivity contribution in [1.29, 1.82) is 0 Å².